The van der Waals surface area contributed by atoms with E-state index in [1.165, 1.54) is 0 Å². The van der Waals surface area contributed by atoms with Crippen LogP contribution >= 0.6 is 0 Å². The summed E-state index contributed by atoms with van der Waals surface area (Å²) >= 11 is 0. The molecule has 1 unspecified atom stereocenters. The van der Waals surface area contributed by atoms with Crippen molar-refractivity contribution in [2.24, 2.45) is 11.7 Å². The molecule has 0 aliphatic heterocycles. The molecule has 8 nitrogen and oxygen atoms in total. The summed E-state index contributed by atoms with van der Waals surface area (Å²) in [6, 6.07) is -0.443. The van der Waals surface area contributed by atoms with E-state index in [-0.39, 0.29) is 18.2 Å². The molecule has 0 bridgehead atoms. The van der Waals surface area contributed by atoms with Crippen molar-refractivity contribution < 1.29 is 28.5 Å². The zero-order valence-electron chi connectivity index (χ0n) is 14.8. The molecule has 0 saturated carbocycles. The molecule has 0 heterocycles. The molecule has 0 aromatic rings. The van der Waals surface area contributed by atoms with Crippen molar-refractivity contribution in [1.29, 1.82) is 0 Å². The van der Waals surface area contributed by atoms with E-state index >= 15 is 0 Å². The van der Waals surface area contributed by atoms with Crippen molar-refractivity contribution >= 4 is 12.2 Å². The molecule has 142 valence electrons. The maximum absolute atomic E-state index is 11.6. The highest BCUT2D eigenvalue weighted by molar-refractivity contribution is 5.79. The molecule has 0 rings (SSSR count). The Morgan fingerprint density at radius 3 is 1.79 bits per heavy atom. The number of nitrogens with one attached hydrogen (secondary N) is 1. The van der Waals surface area contributed by atoms with Gasteiger partial charge in [-0.3, -0.25) is 4.79 Å². The first-order valence-corrected chi connectivity index (χ1v) is 8.37. The molecular weight excluding hydrogens is 316 g/mol. The van der Waals surface area contributed by atoms with Gasteiger partial charge in [0.25, 0.3) is 0 Å². The van der Waals surface area contributed by atoms with Crippen LogP contribution in [-0.2, 0) is 28.5 Å². The maximum Gasteiger partial charge on any atom is 0.222 e. The van der Waals surface area contributed by atoms with Crippen LogP contribution in [0.2, 0.25) is 0 Å². The average molecular weight is 348 g/mol. The van der Waals surface area contributed by atoms with E-state index < -0.39 is 6.04 Å². The number of aldehydes is 1. The monoisotopic (exact) mass is 348 g/mol. The van der Waals surface area contributed by atoms with Gasteiger partial charge in [-0.2, -0.15) is 0 Å². The van der Waals surface area contributed by atoms with E-state index in [1.54, 1.807) is 0 Å². The number of carbonyl (C=O) groups excluding carboxylic acids is 2. The van der Waals surface area contributed by atoms with Crippen molar-refractivity contribution in [1.82, 2.24) is 5.32 Å². The first-order chi connectivity index (χ1) is 11.6. The molecule has 0 aliphatic rings. The Balaban J connectivity index is 3.30. The van der Waals surface area contributed by atoms with Gasteiger partial charge in [-0.15, -0.1) is 0 Å². The summed E-state index contributed by atoms with van der Waals surface area (Å²) in [6.07, 6.45) is 0.979. The quantitative estimate of drug-likeness (QED) is 0.275. The molecular formula is C16H32N2O6. The molecule has 24 heavy (non-hydrogen) atoms. The number of nitrogens with two attached hydrogens (primary N) is 1. The van der Waals surface area contributed by atoms with Crippen molar-refractivity contribution in [3.8, 4) is 0 Å². The summed E-state index contributed by atoms with van der Waals surface area (Å²) < 4.78 is 21.1. The van der Waals surface area contributed by atoms with Gasteiger partial charge in [0.2, 0.25) is 5.91 Å². The van der Waals surface area contributed by atoms with Gasteiger partial charge in [0.15, 0.2) is 0 Å². The van der Waals surface area contributed by atoms with Crippen LogP contribution in [0, 0.1) is 5.92 Å². The summed E-state index contributed by atoms with van der Waals surface area (Å²) in [5.74, 6) is -0.109. The van der Waals surface area contributed by atoms with Crippen LogP contribution in [0.15, 0.2) is 0 Å². The van der Waals surface area contributed by atoms with Gasteiger partial charge in [0.05, 0.1) is 58.9 Å². The SMILES string of the molecule is CC(C)C(C=O)NC(=O)CCOCCOCCOCCOCCN. The van der Waals surface area contributed by atoms with Crippen molar-refractivity contribution in [2.75, 3.05) is 59.4 Å². The molecule has 0 aromatic carbocycles. The Morgan fingerprint density at radius 1 is 0.917 bits per heavy atom. The normalized spacial score (nSPS) is 12.3. The lowest BCUT2D eigenvalue weighted by atomic mass is 10.1. The fraction of sp³-hybridized carbons (Fsp3) is 0.875. The van der Waals surface area contributed by atoms with E-state index in [2.05, 4.69) is 5.32 Å². The lowest BCUT2D eigenvalue weighted by Gasteiger charge is -2.16. The number of ether oxygens (including phenoxy) is 4. The van der Waals surface area contributed by atoms with Gasteiger partial charge in [-0.05, 0) is 5.92 Å². The second kappa shape index (κ2) is 16.8. The van der Waals surface area contributed by atoms with E-state index in [0.29, 0.717) is 59.4 Å². The third kappa shape index (κ3) is 14.5. The standard InChI is InChI=1S/C16H32N2O6/c1-14(2)15(13-19)18-16(20)3-5-21-7-9-23-11-12-24-10-8-22-6-4-17/h13-15H,3-12,17H2,1-2H3,(H,18,20). The fourth-order valence-corrected chi connectivity index (χ4v) is 1.63. The Labute approximate surface area is 144 Å². The zero-order valence-corrected chi connectivity index (χ0v) is 14.8. The molecule has 0 spiro atoms. The number of hydrogen-bond acceptors (Lipinski definition) is 7. The topological polar surface area (TPSA) is 109 Å². The van der Waals surface area contributed by atoms with Crippen molar-refractivity contribution in [3.05, 3.63) is 0 Å². The first-order valence-electron chi connectivity index (χ1n) is 8.37. The fourth-order valence-electron chi connectivity index (χ4n) is 1.63. The summed E-state index contributed by atoms with van der Waals surface area (Å²) in [6.45, 7) is 8.00. The molecule has 3 N–H and O–H groups in total. The number of rotatable bonds is 17. The predicted octanol–water partition coefficient (Wildman–Crippen LogP) is -0.259. The van der Waals surface area contributed by atoms with E-state index in [9.17, 15) is 9.59 Å². The van der Waals surface area contributed by atoms with Gasteiger partial charge in [0, 0.05) is 13.0 Å². The Bertz CT molecular complexity index is 315. The molecule has 1 amide bonds. The van der Waals surface area contributed by atoms with Crippen LogP contribution in [0.4, 0.5) is 0 Å². The molecule has 1 atom stereocenters. The largest absolute Gasteiger partial charge is 0.379 e. The van der Waals surface area contributed by atoms with Crippen LogP contribution in [0.5, 0.6) is 0 Å². The molecule has 0 saturated heterocycles. The Morgan fingerprint density at radius 2 is 1.38 bits per heavy atom. The van der Waals surface area contributed by atoms with Gasteiger partial charge in [-0.25, -0.2) is 0 Å². The Kier molecular flexibility index (Phi) is 16.0. The van der Waals surface area contributed by atoms with E-state index in [4.69, 9.17) is 24.7 Å². The molecule has 8 heteroatoms. The molecule has 0 fully saturated rings. The number of carbonyl (C=O) groups is 2. The van der Waals surface area contributed by atoms with Crippen LogP contribution in [0.1, 0.15) is 20.3 Å². The molecule has 0 aromatic heterocycles. The summed E-state index contributed by atoms with van der Waals surface area (Å²) in [7, 11) is 0. The zero-order chi connectivity index (χ0) is 18.0. The van der Waals surface area contributed by atoms with Crippen LogP contribution < -0.4 is 11.1 Å². The summed E-state index contributed by atoms with van der Waals surface area (Å²) in [5, 5.41) is 2.66. The van der Waals surface area contributed by atoms with Gasteiger partial charge < -0.3 is 34.8 Å². The van der Waals surface area contributed by atoms with E-state index in [0.717, 1.165) is 6.29 Å². The predicted molar refractivity (Wildman–Crippen MR) is 89.8 cm³/mol. The second-order valence-corrected chi connectivity index (χ2v) is 5.46. The molecule has 0 radical (unpaired) electrons. The van der Waals surface area contributed by atoms with Crippen LogP contribution in [0.25, 0.3) is 0 Å². The van der Waals surface area contributed by atoms with E-state index in [1.807, 2.05) is 13.8 Å². The minimum absolute atomic E-state index is 0.0789. The van der Waals surface area contributed by atoms with Gasteiger partial charge in [0.1, 0.15) is 6.29 Å². The van der Waals surface area contributed by atoms with Crippen molar-refractivity contribution in [2.45, 2.75) is 26.3 Å². The highest BCUT2D eigenvalue weighted by Crippen LogP contribution is 1.98. The van der Waals surface area contributed by atoms with Crippen molar-refractivity contribution in [3.63, 3.8) is 0 Å². The van der Waals surface area contributed by atoms with Gasteiger partial charge >= 0.3 is 0 Å². The number of hydrogen-bond donors (Lipinski definition) is 2. The summed E-state index contributed by atoms with van der Waals surface area (Å²) in [5.41, 5.74) is 5.28. The smallest absolute Gasteiger partial charge is 0.222 e. The Hall–Kier alpha value is -1.06. The third-order valence-corrected chi connectivity index (χ3v) is 3.04. The van der Waals surface area contributed by atoms with Crippen LogP contribution in [-0.4, -0.2) is 77.6 Å². The average Bonchev–Trinajstić information content (AvgIpc) is 2.56. The lowest BCUT2D eigenvalue weighted by molar-refractivity contribution is -0.125. The second-order valence-electron chi connectivity index (χ2n) is 5.46. The van der Waals surface area contributed by atoms with Gasteiger partial charge in [-0.1, -0.05) is 13.8 Å². The number of amides is 1. The van der Waals surface area contributed by atoms with Crippen LogP contribution in [0.3, 0.4) is 0 Å². The first kappa shape index (κ1) is 22.9. The summed E-state index contributed by atoms with van der Waals surface area (Å²) in [4.78, 5) is 22.4. The highest BCUT2D eigenvalue weighted by Gasteiger charge is 2.14. The lowest BCUT2D eigenvalue weighted by Crippen LogP contribution is -2.40. The highest BCUT2D eigenvalue weighted by atomic mass is 16.6. The third-order valence-electron chi connectivity index (χ3n) is 3.04. The molecule has 0 aliphatic carbocycles. The minimum Gasteiger partial charge on any atom is -0.379 e. The maximum atomic E-state index is 11.6. The minimum atomic E-state index is -0.443.